The van der Waals surface area contributed by atoms with Gasteiger partial charge in [0.25, 0.3) is 0 Å². The van der Waals surface area contributed by atoms with E-state index < -0.39 is 47.7 Å². The summed E-state index contributed by atoms with van der Waals surface area (Å²) in [6, 6.07) is -2.55. The second-order valence-electron chi connectivity index (χ2n) is 8.68. The second kappa shape index (κ2) is 13.7. The number of nitrogens with one attached hydrogen (secondary N) is 2. The molecule has 0 aliphatic carbocycles. The smallest absolute Gasteiger partial charge is 0.326 e. The first kappa shape index (κ1) is 28.3. The Balaban J connectivity index is 2.56. The van der Waals surface area contributed by atoms with Gasteiger partial charge >= 0.3 is 5.97 Å². The number of aliphatic carboxylic acids is 1. The lowest BCUT2D eigenvalue weighted by atomic mass is 10.0. The van der Waals surface area contributed by atoms with Crippen LogP contribution in [0.4, 0.5) is 0 Å². The number of likely N-dealkylation sites (N-methyl/N-ethyl adjacent to an activating group) is 1. The first-order chi connectivity index (χ1) is 15.5. The molecule has 7 N–H and O–H groups in total. The van der Waals surface area contributed by atoms with Crippen molar-refractivity contribution in [2.45, 2.75) is 64.1 Å². The van der Waals surface area contributed by atoms with Crippen LogP contribution in [0.1, 0.15) is 46.0 Å². The zero-order valence-corrected chi connectivity index (χ0v) is 19.7. The van der Waals surface area contributed by atoms with E-state index in [4.69, 9.17) is 11.5 Å². The van der Waals surface area contributed by atoms with Gasteiger partial charge in [-0.15, -0.1) is 0 Å². The highest BCUT2D eigenvalue weighted by Crippen LogP contribution is 2.20. The van der Waals surface area contributed by atoms with E-state index in [0.717, 1.165) is 11.3 Å². The van der Waals surface area contributed by atoms with Crippen LogP contribution in [-0.4, -0.2) is 95.9 Å². The second-order valence-corrected chi connectivity index (χ2v) is 8.68. The molecule has 4 amide bonds. The van der Waals surface area contributed by atoms with Crippen molar-refractivity contribution in [1.29, 1.82) is 0 Å². The Kier molecular flexibility index (Phi) is 11.8. The minimum Gasteiger partial charge on any atom is -0.480 e. The van der Waals surface area contributed by atoms with E-state index in [9.17, 15) is 29.1 Å². The number of unbranched alkanes of at least 4 members (excludes halogenated alkanes) is 1. The molecule has 0 saturated carbocycles. The van der Waals surface area contributed by atoms with Gasteiger partial charge < -0.3 is 37.0 Å². The van der Waals surface area contributed by atoms with Crippen molar-refractivity contribution in [3.63, 3.8) is 0 Å². The van der Waals surface area contributed by atoms with E-state index in [1.54, 1.807) is 13.8 Å². The number of carbonyl (C=O) groups is 5. The van der Waals surface area contributed by atoms with E-state index in [-0.39, 0.29) is 19.0 Å². The third kappa shape index (κ3) is 8.97. The van der Waals surface area contributed by atoms with Gasteiger partial charge in [-0.2, -0.15) is 0 Å². The number of hydrogen-bond acceptors (Lipinski definition) is 7. The third-order valence-electron chi connectivity index (χ3n) is 5.60. The fourth-order valence-corrected chi connectivity index (χ4v) is 3.57. The molecule has 0 unspecified atom stereocenters. The van der Waals surface area contributed by atoms with Crippen LogP contribution in [0.2, 0.25) is 0 Å². The number of nitrogens with zero attached hydrogens (tertiary/aromatic N) is 2. The molecule has 1 saturated heterocycles. The van der Waals surface area contributed by atoms with E-state index in [1.165, 1.54) is 11.9 Å². The molecule has 33 heavy (non-hydrogen) atoms. The molecule has 188 valence electrons. The Morgan fingerprint density at radius 1 is 1.18 bits per heavy atom. The topological polar surface area (TPSA) is 188 Å². The largest absolute Gasteiger partial charge is 0.480 e. The molecule has 12 heteroatoms. The standard InChI is InChI=1S/C21H38N6O6/c1-13(2)18(20(31)27-10-6-8-15(27)21(32)33)25-16(28)12-26(3)17(29)11-24-19(30)14(23)7-4-5-9-22/h13-15,18H,4-12,22-23H2,1-3H3,(H,24,30)(H,25,28)(H,32,33)/t14-,15-,18-/m0/s1. The zero-order chi connectivity index (χ0) is 25.1. The Morgan fingerprint density at radius 3 is 2.42 bits per heavy atom. The van der Waals surface area contributed by atoms with E-state index in [0.29, 0.717) is 38.8 Å². The van der Waals surface area contributed by atoms with Gasteiger partial charge in [0.05, 0.1) is 19.1 Å². The molecule has 0 aromatic heterocycles. The SMILES string of the molecule is CC(C)[C@H](NC(=O)CN(C)C(=O)CNC(=O)[C@@H](N)CCCCN)C(=O)N1CCC[C@H]1C(=O)O. The third-order valence-corrected chi connectivity index (χ3v) is 5.60. The summed E-state index contributed by atoms with van der Waals surface area (Å²) in [5, 5.41) is 14.4. The average Bonchev–Trinajstić information content (AvgIpc) is 3.25. The molecular weight excluding hydrogens is 432 g/mol. The van der Waals surface area contributed by atoms with E-state index in [2.05, 4.69) is 10.6 Å². The van der Waals surface area contributed by atoms with Crippen LogP contribution in [-0.2, 0) is 24.0 Å². The van der Waals surface area contributed by atoms with E-state index >= 15 is 0 Å². The van der Waals surface area contributed by atoms with Gasteiger partial charge in [-0.25, -0.2) is 4.79 Å². The monoisotopic (exact) mass is 470 g/mol. The normalized spacial score (nSPS) is 17.4. The summed E-state index contributed by atoms with van der Waals surface area (Å²) in [7, 11) is 1.41. The maximum Gasteiger partial charge on any atom is 0.326 e. The fourth-order valence-electron chi connectivity index (χ4n) is 3.57. The lowest BCUT2D eigenvalue weighted by molar-refractivity contribution is -0.150. The number of carboxylic acid groups (broad SMARTS) is 1. The minimum absolute atomic E-state index is 0.280. The van der Waals surface area contributed by atoms with Crippen LogP contribution in [0.15, 0.2) is 0 Å². The van der Waals surface area contributed by atoms with Crippen molar-refractivity contribution < 1.29 is 29.1 Å². The van der Waals surface area contributed by atoms with Crippen molar-refractivity contribution in [3.05, 3.63) is 0 Å². The van der Waals surface area contributed by atoms with Gasteiger partial charge in [0.2, 0.25) is 23.6 Å². The minimum atomic E-state index is -1.07. The van der Waals surface area contributed by atoms with Crippen LogP contribution in [0.25, 0.3) is 0 Å². The molecule has 1 heterocycles. The van der Waals surface area contributed by atoms with Crippen LogP contribution in [0, 0.1) is 5.92 Å². The Bertz CT molecular complexity index is 715. The maximum absolute atomic E-state index is 12.9. The molecule has 0 aromatic carbocycles. The summed E-state index contributed by atoms with van der Waals surface area (Å²) < 4.78 is 0. The van der Waals surface area contributed by atoms with Crippen molar-refractivity contribution >= 4 is 29.6 Å². The van der Waals surface area contributed by atoms with Crippen LogP contribution in [0.5, 0.6) is 0 Å². The first-order valence-corrected chi connectivity index (χ1v) is 11.3. The first-order valence-electron chi connectivity index (χ1n) is 11.3. The predicted molar refractivity (Wildman–Crippen MR) is 121 cm³/mol. The number of rotatable bonds is 13. The predicted octanol–water partition coefficient (Wildman–Crippen LogP) is -1.77. The number of hydrogen-bond donors (Lipinski definition) is 5. The summed E-state index contributed by atoms with van der Waals surface area (Å²) in [5.41, 5.74) is 11.2. The summed E-state index contributed by atoms with van der Waals surface area (Å²) in [4.78, 5) is 63.5. The average molecular weight is 471 g/mol. The van der Waals surface area contributed by atoms with Gasteiger partial charge in [0.1, 0.15) is 12.1 Å². The number of carbonyl (C=O) groups excluding carboxylic acids is 4. The van der Waals surface area contributed by atoms with E-state index in [1.807, 2.05) is 0 Å². The van der Waals surface area contributed by atoms with Crippen molar-refractivity contribution in [2.75, 3.05) is 33.2 Å². The van der Waals surface area contributed by atoms with Gasteiger partial charge in [-0.1, -0.05) is 20.3 Å². The molecule has 0 spiro atoms. The number of carboxylic acids is 1. The lowest BCUT2D eigenvalue weighted by Crippen LogP contribution is -2.55. The highest BCUT2D eigenvalue weighted by atomic mass is 16.4. The van der Waals surface area contributed by atoms with Crippen LogP contribution in [0.3, 0.4) is 0 Å². The van der Waals surface area contributed by atoms with Gasteiger partial charge in [0.15, 0.2) is 0 Å². The van der Waals surface area contributed by atoms with Crippen molar-refractivity contribution in [2.24, 2.45) is 17.4 Å². The molecule has 12 nitrogen and oxygen atoms in total. The molecule has 0 radical (unpaired) electrons. The summed E-state index contributed by atoms with van der Waals surface area (Å²) in [5.74, 6) is -3.31. The highest BCUT2D eigenvalue weighted by Gasteiger charge is 2.38. The summed E-state index contributed by atoms with van der Waals surface area (Å²) in [6.45, 7) is 3.69. The fraction of sp³-hybridized carbons (Fsp3) is 0.762. The molecule has 0 aromatic rings. The summed E-state index contributed by atoms with van der Waals surface area (Å²) >= 11 is 0. The summed E-state index contributed by atoms with van der Waals surface area (Å²) in [6.07, 6.45) is 2.88. The Hall–Kier alpha value is -2.73. The van der Waals surface area contributed by atoms with Crippen LogP contribution >= 0.6 is 0 Å². The molecule has 1 fully saturated rings. The zero-order valence-electron chi connectivity index (χ0n) is 19.7. The lowest BCUT2D eigenvalue weighted by Gasteiger charge is -2.30. The molecule has 3 atom stereocenters. The molecule has 1 aliphatic heterocycles. The van der Waals surface area contributed by atoms with Crippen molar-refractivity contribution in [1.82, 2.24) is 20.4 Å². The van der Waals surface area contributed by atoms with Crippen molar-refractivity contribution in [3.8, 4) is 0 Å². The molecule has 1 aliphatic rings. The quantitative estimate of drug-likeness (QED) is 0.196. The highest BCUT2D eigenvalue weighted by molar-refractivity contribution is 5.93. The molecular formula is C21H38N6O6. The Labute approximate surface area is 194 Å². The number of nitrogens with two attached hydrogens (primary N) is 2. The number of amides is 4. The molecule has 0 bridgehead atoms. The van der Waals surface area contributed by atoms with Crippen LogP contribution < -0.4 is 22.1 Å². The maximum atomic E-state index is 12.9. The number of likely N-dealkylation sites (tertiary alicyclic amines) is 1. The van der Waals surface area contributed by atoms with Gasteiger partial charge in [-0.3, -0.25) is 19.2 Å². The Morgan fingerprint density at radius 2 is 1.85 bits per heavy atom. The van der Waals surface area contributed by atoms with Gasteiger partial charge in [0, 0.05) is 13.6 Å². The van der Waals surface area contributed by atoms with Gasteiger partial charge in [-0.05, 0) is 38.1 Å². The molecule has 1 rings (SSSR count).